The topological polar surface area (TPSA) is 56.2 Å². The van der Waals surface area contributed by atoms with Crippen molar-refractivity contribution < 1.29 is 0 Å². The third-order valence-corrected chi connectivity index (χ3v) is 3.98. The highest BCUT2D eigenvalue weighted by atomic mass is 15.3. The molecular weight excluding hydrogens is 212 g/mol. The summed E-state index contributed by atoms with van der Waals surface area (Å²) >= 11 is 0. The van der Waals surface area contributed by atoms with E-state index >= 15 is 0 Å². The van der Waals surface area contributed by atoms with Gasteiger partial charge in [-0.25, -0.2) is 4.98 Å². The Morgan fingerprint density at radius 2 is 2.18 bits per heavy atom. The third-order valence-electron chi connectivity index (χ3n) is 3.98. The van der Waals surface area contributed by atoms with Crippen molar-refractivity contribution in [2.75, 3.05) is 5.73 Å². The highest BCUT2D eigenvalue weighted by Gasteiger charge is 2.24. The van der Waals surface area contributed by atoms with Crippen LogP contribution in [0, 0.1) is 5.92 Å². The van der Waals surface area contributed by atoms with E-state index in [2.05, 4.69) is 17.0 Å². The van der Waals surface area contributed by atoms with Crippen molar-refractivity contribution in [1.29, 1.82) is 0 Å². The molecule has 1 saturated carbocycles. The molecular formula is C13H18N4. The summed E-state index contributed by atoms with van der Waals surface area (Å²) in [6.07, 6.45) is 7.11. The summed E-state index contributed by atoms with van der Waals surface area (Å²) in [5.41, 5.74) is 7.96. The van der Waals surface area contributed by atoms with Crippen molar-refractivity contribution in [1.82, 2.24) is 14.6 Å². The van der Waals surface area contributed by atoms with Crippen molar-refractivity contribution in [3.8, 4) is 0 Å². The van der Waals surface area contributed by atoms with Gasteiger partial charge in [-0.2, -0.15) is 9.61 Å². The Labute approximate surface area is 101 Å². The number of fused-ring (bicyclic) bond motifs is 1. The van der Waals surface area contributed by atoms with Gasteiger partial charge in [-0.3, -0.25) is 0 Å². The van der Waals surface area contributed by atoms with E-state index in [4.69, 9.17) is 5.73 Å². The molecule has 0 amide bonds. The molecule has 4 nitrogen and oxygen atoms in total. The SMILES string of the molecule is CC(c1cc(N)n2nccc2n1)C1CCCC1. The Bertz CT molecular complexity index is 525. The minimum Gasteiger partial charge on any atom is -0.384 e. The second-order valence-corrected chi connectivity index (χ2v) is 5.04. The van der Waals surface area contributed by atoms with Gasteiger partial charge in [0.05, 0.1) is 6.20 Å². The van der Waals surface area contributed by atoms with Crippen LogP contribution in [0.2, 0.25) is 0 Å². The number of anilines is 1. The molecule has 90 valence electrons. The summed E-state index contributed by atoms with van der Waals surface area (Å²) in [4.78, 5) is 4.66. The van der Waals surface area contributed by atoms with Crippen LogP contribution in [-0.4, -0.2) is 14.6 Å². The largest absolute Gasteiger partial charge is 0.384 e. The summed E-state index contributed by atoms with van der Waals surface area (Å²) in [6, 6.07) is 3.88. The Morgan fingerprint density at radius 3 is 2.94 bits per heavy atom. The lowest BCUT2D eigenvalue weighted by Gasteiger charge is -2.18. The van der Waals surface area contributed by atoms with Gasteiger partial charge in [-0.05, 0) is 18.8 Å². The Kier molecular flexibility index (Phi) is 2.50. The van der Waals surface area contributed by atoms with Crippen LogP contribution in [0.1, 0.15) is 44.2 Å². The molecule has 4 heteroatoms. The van der Waals surface area contributed by atoms with Gasteiger partial charge >= 0.3 is 0 Å². The minimum absolute atomic E-state index is 0.500. The lowest BCUT2D eigenvalue weighted by atomic mass is 9.89. The molecule has 3 rings (SSSR count). The first-order valence-electron chi connectivity index (χ1n) is 6.36. The third kappa shape index (κ3) is 1.77. The van der Waals surface area contributed by atoms with Crippen LogP contribution < -0.4 is 5.73 Å². The maximum atomic E-state index is 6.00. The second-order valence-electron chi connectivity index (χ2n) is 5.04. The van der Waals surface area contributed by atoms with Crippen LogP contribution in [0.15, 0.2) is 18.3 Å². The molecule has 2 aromatic heterocycles. The normalized spacial score (nSPS) is 18.9. The zero-order valence-electron chi connectivity index (χ0n) is 10.1. The van der Waals surface area contributed by atoms with Crippen LogP contribution >= 0.6 is 0 Å². The molecule has 1 aliphatic carbocycles. The predicted octanol–water partition coefficient (Wildman–Crippen LogP) is 2.61. The number of aromatic nitrogens is 3. The van der Waals surface area contributed by atoms with Crippen LogP contribution in [-0.2, 0) is 0 Å². The number of hydrogen-bond donors (Lipinski definition) is 1. The number of nitrogen functional groups attached to an aromatic ring is 1. The van der Waals surface area contributed by atoms with Crippen molar-refractivity contribution >= 4 is 11.5 Å². The molecule has 0 saturated heterocycles. The highest BCUT2D eigenvalue weighted by molar-refractivity contribution is 5.47. The van der Waals surface area contributed by atoms with Gasteiger partial charge < -0.3 is 5.73 Å². The van der Waals surface area contributed by atoms with E-state index in [1.807, 2.05) is 12.1 Å². The molecule has 2 N–H and O–H groups in total. The van der Waals surface area contributed by atoms with Crippen molar-refractivity contribution in [3.05, 3.63) is 24.0 Å². The van der Waals surface area contributed by atoms with Gasteiger partial charge in [0.25, 0.3) is 0 Å². The molecule has 1 aliphatic rings. The van der Waals surface area contributed by atoms with E-state index in [1.54, 1.807) is 10.7 Å². The summed E-state index contributed by atoms with van der Waals surface area (Å²) in [7, 11) is 0. The van der Waals surface area contributed by atoms with Gasteiger partial charge in [-0.1, -0.05) is 19.8 Å². The van der Waals surface area contributed by atoms with E-state index in [9.17, 15) is 0 Å². The monoisotopic (exact) mass is 230 g/mol. The van der Waals surface area contributed by atoms with E-state index in [-0.39, 0.29) is 0 Å². The van der Waals surface area contributed by atoms with Gasteiger partial charge in [-0.15, -0.1) is 0 Å². The number of nitrogens with two attached hydrogens (primary N) is 1. The first-order chi connectivity index (χ1) is 8.25. The maximum absolute atomic E-state index is 6.00. The first kappa shape index (κ1) is 10.6. The smallest absolute Gasteiger partial charge is 0.157 e. The van der Waals surface area contributed by atoms with E-state index < -0.39 is 0 Å². The summed E-state index contributed by atoms with van der Waals surface area (Å²) in [5, 5.41) is 4.15. The molecule has 1 fully saturated rings. The van der Waals surface area contributed by atoms with Crippen molar-refractivity contribution in [2.24, 2.45) is 5.92 Å². The summed E-state index contributed by atoms with van der Waals surface area (Å²) < 4.78 is 1.69. The van der Waals surface area contributed by atoms with Crippen LogP contribution in [0.3, 0.4) is 0 Å². The van der Waals surface area contributed by atoms with Gasteiger partial charge in [0.1, 0.15) is 5.82 Å². The molecule has 0 spiro atoms. The first-order valence-corrected chi connectivity index (χ1v) is 6.36. The average Bonchev–Trinajstić information content (AvgIpc) is 2.98. The fourth-order valence-corrected chi connectivity index (χ4v) is 2.89. The Morgan fingerprint density at radius 1 is 1.41 bits per heavy atom. The maximum Gasteiger partial charge on any atom is 0.157 e. The van der Waals surface area contributed by atoms with Gasteiger partial charge in [0, 0.05) is 23.7 Å². The van der Waals surface area contributed by atoms with E-state index in [1.165, 1.54) is 25.7 Å². The lowest BCUT2D eigenvalue weighted by molar-refractivity contribution is 0.453. The standard InChI is InChI=1S/C13H18N4/c1-9(10-4-2-3-5-10)11-8-12(14)17-13(16-11)6-7-15-17/h6-10H,2-5,14H2,1H3. The number of hydrogen-bond acceptors (Lipinski definition) is 3. The van der Waals surface area contributed by atoms with Crippen molar-refractivity contribution in [2.45, 2.75) is 38.5 Å². The molecule has 2 aromatic rings. The average molecular weight is 230 g/mol. The molecule has 0 bridgehead atoms. The van der Waals surface area contributed by atoms with Crippen LogP contribution in [0.5, 0.6) is 0 Å². The quantitative estimate of drug-likeness (QED) is 0.862. The zero-order chi connectivity index (χ0) is 11.8. The van der Waals surface area contributed by atoms with Gasteiger partial charge in [0.15, 0.2) is 5.65 Å². The van der Waals surface area contributed by atoms with E-state index in [0.717, 1.165) is 17.3 Å². The van der Waals surface area contributed by atoms with E-state index in [0.29, 0.717) is 11.7 Å². The summed E-state index contributed by atoms with van der Waals surface area (Å²) in [5.74, 6) is 1.95. The van der Waals surface area contributed by atoms with Gasteiger partial charge in [0.2, 0.25) is 0 Å². The van der Waals surface area contributed by atoms with Crippen LogP contribution in [0.4, 0.5) is 5.82 Å². The minimum atomic E-state index is 0.500. The second kappa shape index (κ2) is 4.02. The fourth-order valence-electron chi connectivity index (χ4n) is 2.89. The molecule has 1 atom stereocenters. The molecule has 0 aliphatic heterocycles. The Hall–Kier alpha value is -1.58. The van der Waals surface area contributed by atoms with Crippen LogP contribution in [0.25, 0.3) is 5.65 Å². The van der Waals surface area contributed by atoms with Crippen molar-refractivity contribution in [3.63, 3.8) is 0 Å². The molecule has 2 heterocycles. The zero-order valence-corrected chi connectivity index (χ0v) is 10.1. The molecule has 17 heavy (non-hydrogen) atoms. The fraction of sp³-hybridized carbons (Fsp3) is 0.538. The lowest BCUT2D eigenvalue weighted by Crippen LogP contribution is -2.10. The summed E-state index contributed by atoms with van der Waals surface area (Å²) in [6.45, 7) is 2.27. The number of rotatable bonds is 2. The predicted molar refractivity (Wildman–Crippen MR) is 67.8 cm³/mol. The molecule has 1 unspecified atom stereocenters. The Balaban J connectivity index is 1.98. The molecule has 0 aromatic carbocycles. The molecule has 0 radical (unpaired) electrons. The number of nitrogens with zero attached hydrogens (tertiary/aromatic N) is 3. The highest BCUT2D eigenvalue weighted by Crippen LogP contribution is 2.36.